The van der Waals surface area contributed by atoms with Gasteiger partial charge in [0, 0.05) is 24.5 Å². The van der Waals surface area contributed by atoms with E-state index < -0.39 is 0 Å². The highest BCUT2D eigenvalue weighted by molar-refractivity contribution is 6.31. The molecule has 1 unspecified atom stereocenters. The highest BCUT2D eigenvalue weighted by Gasteiger charge is 2.28. The Balaban J connectivity index is 1.94. The van der Waals surface area contributed by atoms with Crippen LogP contribution < -0.4 is 5.32 Å². The average molecular weight is 295 g/mol. The first kappa shape index (κ1) is 14.9. The molecule has 1 aliphatic rings. The molecule has 0 saturated carbocycles. The molecule has 4 nitrogen and oxygen atoms in total. The second-order valence-corrected chi connectivity index (χ2v) is 5.54. The maximum atomic E-state index is 12.2. The molecule has 0 aliphatic carbocycles. The third-order valence-corrected chi connectivity index (χ3v) is 4.09. The van der Waals surface area contributed by atoms with Crippen LogP contribution in [0.25, 0.3) is 0 Å². The van der Waals surface area contributed by atoms with Crippen LogP contribution in [0.15, 0.2) is 18.2 Å². The summed E-state index contributed by atoms with van der Waals surface area (Å²) in [5.74, 6) is -0.0629. The quantitative estimate of drug-likeness (QED) is 0.926. The molecule has 2 amide bonds. The summed E-state index contributed by atoms with van der Waals surface area (Å²) < 4.78 is 0. The lowest BCUT2D eigenvalue weighted by Crippen LogP contribution is -2.55. The zero-order valence-electron chi connectivity index (χ0n) is 11.8. The van der Waals surface area contributed by atoms with Gasteiger partial charge in [0.1, 0.15) is 6.04 Å². The molecule has 0 radical (unpaired) electrons. The fourth-order valence-electron chi connectivity index (χ4n) is 2.31. The molecule has 1 aromatic rings. The lowest BCUT2D eigenvalue weighted by Gasteiger charge is -2.32. The van der Waals surface area contributed by atoms with Crippen LogP contribution in [0.2, 0.25) is 5.02 Å². The number of nitrogens with one attached hydrogen (secondary N) is 1. The third-order valence-electron chi connectivity index (χ3n) is 3.68. The lowest BCUT2D eigenvalue weighted by molar-refractivity contribution is -0.142. The van der Waals surface area contributed by atoms with Crippen molar-refractivity contribution in [1.29, 1.82) is 0 Å². The van der Waals surface area contributed by atoms with Gasteiger partial charge in [-0.3, -0.25) is 9.59 Å². The zero-order valence-corrected chi connectivity index (χ0v) is 12.5. The standard InChI is InChI=1S/C15H19ClN2O2/c1-10-3-4-12(9-13(10)16)5-6-14(19)18-8-7-17-15(20)11(18)2/h3-4,9,11H,5-8H2,1-2H3,(H,17,20). The highest BCUT2D eigenvalue weighted by atomic mass is 35.5. The van der Waals surface area contributed by atoms with Gasteiger partial charge < -0.3 is 10.2 Å². The summed E-state index contributed by atoms with van der Waals surface area (Å²) in [6, 6.07) is 5.47. The van der Waals surface area contributed by atoms with Crippen molar-refractivity contribution in [3.63, 3.8) is 0 Å². The van der Waals surface area contributed by atoms with Gasteiger partial charge in [-0.05, 0) is 37.5 Å². The van der Waals surface area contributed by atoms with Gasteiger partial charge in [-0.2, -0.15) is 0 Å². The number of aryl methyl sites for hydroxylation is 2. The van der Waals surface area contributed by atoms with Crippen molar-refractivity contribution in [2.45, 2.75) is 32.7 Å². The minimum Gasteiger partial charge on any atom is -0.353 e. The Morgan fingerprint density at radius 2 is 2.25 bits per heavy atom. The summed E-state index contributed by atoms with van der Waals surface area (Å²) >= 11 is 6.07. The van der Waals surface area contributed by atoms with Gasteiger partial charge in [0.05, 0.1) is 0 Å². The molecule has 1 heterocycles. The molecular formula is C15H19ClN2O2. The van der Waals surface area contributed by atoms with Gasteiger partial charge in [-0.15, -0.1) is 0 Å². The number of nitrogens with zero attached hydrogens (tertiary/aromatic N) is 1. The molecule has 108 valence electrons. The van der Waals surface area contributed by atoms with E-state index in [1.165, 1.54) is 0 Å². The van der Waals surface area contributed by atoms with Crippen LogP contribution in [-0.4, -0.2) is 35.8 Å². The number of piperazine rings is 1. The molecule has 5 heteroatoms. The molecule has 0 bridgehead atoms. The largest absolute Gasteiger partial charge is 0.353 e. The number of hydrogen-bond donors (Lipinski definition) is 1. The first-order valence-electron chi connectivity index (χ1n) is 6.81. The second kappa shape index (κ2) is 6.27. The van der Waals surface area contributed by atoms with Crippen molar-refractivity contribution in [3.05, 3.63) is 34.3 Å². The number of rotatable bonds is 3. The van der Waals surface area contributed by atoms with Crippen LogP contribution in [0.4, 0.5) is 0 Å². The van der Waals surface area contributed by atoms with Gasteiger partial charge in [0.2, 0.25) is 11.8 Å². The molecule has 1 fully saturated rings. The average Bonchev–Trinajstić information content (AvgIpc) is 2.43. The lowest BCUT2D eigenvalue weighted by atomic mass is 10.1. The Bertz CT molecular complexity index is 531. The number of amides is 2. The van der Waals surface area contributed by atoms with Crippen molar-refractivity contribution >= 4 is 23.4 Å². The first-order chi connectivity index (χ1) is 9.49. The van der Waals surface area contributed by atoms with E-state index in [9.17, 15) is 9.59 Å². The molecule has 1 atom stereocenters. The summed E-state index contributed by atoms with van der Waals surface area (Å²) in [5.41, 5.74) is 2.08. The summed E-state index contributed by atoms with van der Waals surface area (Å²) in [6.07, 6.45) is 1.04. The van der Waals surface area contributed by atoms with E-state index >= 15 is 0 Å². The van der Waals surface area contributed by atoms with E-state index in [2.05, 4.69) is 5.32 Å². The van der Waals surface area contributed by atoms with Crippen molar-refractivity contribution in [2.24, 2.45) is 0 Å². The molecular weight excluding hydrogens is 276 g/mol. The number of benzene rings is 1. The third kappa shape index (κ3) is 3.31. The van der Waals surface area contributed by atoms with E-state index in [0.29, 0.717) is 25.9 Å². The van der Waals surface area contributed by atoms with E-state index in [0.717, 1.165) is 16.1 Å². The van der Waals surface area contributed by atoms with Crippen molar-refractivity contribution in [2.75, 3.05) is 13.1 Å². The Labute approximate surface area is 124 Å². The van der Waals surface area contributed by atoms with Gasteiger partial charge >= 0.3 is 0 Å². The maximum Gasteiger partial charge on any atom is 0.242 e. The molecule has 0 spiro atoms. The van der Waals surface area contributed by atoms with E-state index in [-0.39, 0.29) is 17.9 Å². The Kier molecular flexibility index (Phi) is 4.65. The van der Waals surface area contributed by atoms with Crippen molar-refractivity contribution in [3.8, 4) is 0 Å². The molecule has 1 aromatic carbocycles. The predicted molar refractivity (Wildman–Crippen MR) is 78.7 cm³/mol. The van der Waals surface area contributed by atoms with E-state index in [4.69, 9.17) is 11.6 Å². The second-order valence-electron chi connectivity index (χ2n) is 5.14. The summed E-state index contributed by atoms with van der Waals surface area (Å²) in [4.78, 5) is 25.4. The van der Waals surface area contributed by atoms with E-state index in [1.54, 1.807) is 11.8 Å². The minimum absolute atomic E-state index is 0.0176. The fourth-order valence-corrected chi connectivity index (χ4v) is 2.51. The zero-order chi connectivity index (χ0) is 14.7. The SMILES string of the molecule is Cc1ccc(CCC(=O)N2CCNC(=O)C2C)cc1Cl. The van der Waals surface area contributed by atoms with Gasteiger partial charge in [-0.25, -0.2) is 0 Å². The highest BCUT2D eigenvalue weighted by Crippen LogP contribution is 2.18. The van der Waals surface area contributed by atoms with E-state index in [1.807, 2.05) is 25.1 Å². The van der Waals surface area contributed by atoms with Crippen molar-refractivity contribution < 1.29 is 9.59 Å². The van der Waals surface area contributed by atoms with Crippen LogP contribution in [0.1, 0.15) is 24.5 Å². The molecule has 1 aliphatic heterocycles. The van der Waals surface area contributed by atoms with Gasteiger partial charge in [0.15, 0.2) is 0 Å². The normalized spacial score (nSPS) is 18.9. The van der Waals surface area contributed by atoms with Crippen LogP contribution in [0.5, 0.6) is 0 Å². The summed E-state index contributed by atoms with van der Waals surface area (Å²) in [6.45, 7) is 4.83. The minimum atomic E-state index is -0.377. The van der Waals surface area contributed by atoms with Gasteiger partial charge in [-0.1, -0.05) is 23.7 Å². The van der Waals surface area contributed by atoms with Gasteiger partial charge in [0.25, 0.3) is 0 Å². The summed E-state index contributed by atoms with van der Waals surface area (Å²) in [7, 11) is 0. The molecule has 20 heavy (non-hydrogen) atoms. The smallest absolute Gasteiger partial charge is 0.242 e. The van der Waals surface area contributed by atoms with Crippen LogP contribution in [0.3, 0.4) is 0 Å². The number of carbonyl (C=O) groups is 2. The number of halogens is 1. The first-order valence-corrected chi connectivity index (χ1v) is 7.19. The monoisotopic (exact) mass is 294 g/mol. The number of carbonyl (C=O) groups excluding carboxylic acids is 2. The Hall–Kier alpha value is -1.55. The summed E-state index contributed by atoms with van der Waals surface area (Å²) in [5, 5.41) is 3.48. The predicted octanol–water partition coefficient (Wildman–Crippen LogP) is 1.93. The fraction of sp³-hybridized carbons (Fsp3) is 0.467. The Morgan fingerprint density at radius 3 is 2.95 bits per heavy atom. The topological polar surface area (TPSA) is 49.4 Å². The van der Waals surface area contributed by atoms with Crippen molar-refractivity contribution in [1.82, 2.24) is 10.2 Å². The Morgan fingerprint density at radius 1 is 1.50 bits per heavy atom. The maximum absolute atomic E-state index is 12.2. The van der Waals surface area contributed by atoms with Crippen LogP contribution in [-0.2, 0) is 16.0 Å². The molecule has 1 saturated heterocycles. The number of hydrogen-bond acceptors (Lipinski definition) is 2. The molecule has 2 rings (SSSR count). The molecule has 0 aromatic heterocycles. The molecule has 1 N–H and O–H groups in total. The van der Waals surface area contributed by atoms with Crippen LogP contribution >= 0.6 is 11.6 Å². The van der Waals surface area contributed by atoms with Crippen LogP contribution in [0, 0.1) is 6.92 Å².